The highest BCUT2D eigenvalue weighted by molar-refractivity contribution is 5.49. The summed E-state index contributed by atoms with van der Waals surface area (Å²) in [6.45, 7) is 8.09. The largest absolute Gasteiger partial charge is 0.461 e. The summed E-state index contributed by atoms with van der Waals surface area (Å²) >= 11 is 0. The minimum atomic E-state index is -4.53. The quantitative estimate of drug-likeness (QED) is 0.368. The summed E-state index contributed by atoms with van der Waals surface area (Å²) in [5, 5.41) is 3.21. The van der Waals surface area contributed by atoms with Gasteiger partial charge in [0.15, 0.2) is 0 Å². The highest BCUT2D eigenvalue weighted by atomic mass is 19.3. The van der Waals surface area contributed by atoms with Crippen molar-refractivity contribution in [3.8, 4) is 5.75 Å². The summed E-state index contributed by atoms with van der Waals surface area (Å²) in [6, 6.07) is 7.06. The third kappa shape index (κ3) is 6.68. The minimum Gasteiger partial charge on any atom is -0.428 e. The Hall–Kier alpha value is -3.28. The molecule has 0 amide bonds. The van der Waals surface area contributed by atoms with Crippen LogP contribution in [0.5, 0.6) is 5.75 Å². The van der Waals surface area contributed by atoms with Crippen molar-refractivity contribution in [3.63, 3.8) is 0 Å². The lowest BCUT2D eigenvalue weighted by atomic mass is 10.0. The van der Waals surface area contributed by atoms with Crippen LogP contribution >= 0.6 is 0 Å². The second-order valence-electron chi connectivity index (χ2n) is 8.79. The number of nitrogens with one attached hydrogen (secondary N) is 1. The van der Waals surface area contributed by atoms with Gasteiger partial charge in [0.25, 0.3) is 5.56 Å². The molecule has 0 aliphatic carbocycles. The van der Waals surface area contributed by atoms with E-state index in [1.54, 1.807) is 19.2 Å². The maximum Gasteiger partial charge on any atom is 0.461 e. The predicted molar refractivity (Wildman–Crippen MR) is 130 cm³/mol. The lowest BCUT2D eigenvalue weighted by molar-refractivity contribution is -0.253. The molecule has 2 aromatic rings. The first-order chi connectivity index (χ1) is 17.0. The molecule has 1 aromatic carbocycles. The van der Waals surface area contributed by atoms with E-state index in [1.165, 1.54) is 29.8 Å². The van der Waals surface area contributed by atoms with Crippen LogP contribution in [-0.4, -0.2) is 65.8 Å². The summed E-state index contributed by atoms with van der Waals surface area (Å²) in [7, 11) is 3.04. The van der Waals surface area contributed by atoms with Crippen LogP contribution in [0.1, 0.15) is 6.42 Å². The standard InChI is InChI=1S/C24H31F4N5O3/c1-4-5-17(15-29-20-14-21(34)31(3)23(35)30(20)2)16-32-10-12-33(13-11-32)18-6-8-19(9-7-18)36-24(27,28)22(25)26/h4,6-9,14,17,22,29H,1,5,10-13,15-16H2,2-3H3. The lowest BCUT2D eigenvalue weighted by Crippen LogP contribution is -2.48. The van der Waals surface area contributed by atoms with Crippen LogP contribution in [0, 0.1) is 5.92 Å². The lowest BCUT2D eigenvalue weighted by Gasteiger charge is -2.37. The van der Waals surface area contributed by atoms with E-state index in [0.717, 1.165) is 36.3 Å². The first-order valence-electron chi connectivity index (χ1n) is 11.6. The Morgan fingerprint density at radius 2 is 1.72 bits per heavy atom. The fourth-order valence-corrected chi connectivity index (χ4v) is 4.09. The van der Waals surface area contributed by atoms with E-state index < -0.39 is 18.2 Å². The van der Waals surface area contributed by atoms with Crippen LogP contribution in [0.15, 0.2) is 52.6 Å². The van der Waals surface area contributed by atoms with E-state index >= 15 is 0 Å². The summed E-state index contributed by atoms with van der Waals surface area (Å²) in [5.74, 6) is 0.332. The number of aromatic nitrogens is 2. The van der Waals surface area contributed by atoms with Crippen molar-refractivity contribution in [1.29, 1.82) is 0 Å². The first-order valence-corrected chi connectivity index (χ1v) is 11.6. The Morgan fingerprint density at radius 3 is 2.31 bits per heavy atom. The molecule has 36 heavy (non-hydrogen) atoms. The number of nitrogens with zero attached hydrogens (tertiary/aromatic N) is 4. The van der Waals surface area contributed by atoms with Gasteiger partial charge in [0.05, 0.1) is 0 Å². The van der Waals surface area contributed by atoms with Crippen LogP contribution < -0.4 is 26.2 Å². The molecule has 1 N–H and O–H groups in total. The molecule has 1 fully saturated rings. The Labute approximate surface area is 206 Å². The number of ether oxygens (including phenoxy) is 1. The van der Waals surface area contributed by atoms with Crippen LogP contribution in [0.2, 0.25) is 0 Å². The van der Waals surface area contributed by atoms with Crippen LogP contribution in [0.4, 0.5) is 29.1 Å². The van der Waals surface area contributed by atoms with Crippen LogP contribution in [0.3, 0.4) is 0 Å². The number of halogens is 4. The molecule has 2 heterocycles. The molecule has 0 spiro atoms. The third-order valence-corrected chi connectivity index (χ3v) is 6.20. The molecule has 0 saturated carbocycles. The second kappa shape index (κ2) is 11.6. The third-order valence-electron chi connectivity index (χ3n) is 6.20. The van der Waals surface area contributed by atoms with Crippen LogP contribution in [0.25, 0.3) is 0 Å². The molecule has 1 aromatic heterocycles. The fourth-order valence-electron chi connectivity index (χ4n) is 4.09. The van der Waals surface area contributed by atoms with Gasteiger partial charge in [0, 0.05) is 65.1 Å². The molecule has 1 aliphatic heterocycles. The maximum atomic E-state index is 13.1. The summed E-state index contributed by atoms with van der Waals surface area (Å²) in [6.07, 6.45) is -5.85. The Morgan fingerprint density at radius 1 is 1.08 bits per heavy atom. The van der Waals surface area contributed by atoms with Gasteiger partial charge in [-0.3, -0.25) is 18.8 Å². The zero-order valence-electron chi connectivity index (χ0n) is 20.3. The number of anilines is 2. The zero-order chi connectivity index (χ0) is 26.5. The number of rotatable bonds is 11. The van der Waals surface area contributed by atoms with E-state index in [2.05, 4.69) is 26.4 Å². The van der Waals surface area contributed by atoms with Gasteiger partial charge in [0.1, 0.15) is 11.6 Å². The summed E-state index contributed by atoms with van der Waals surface area (Å²) in [4.78, 5) is 28.5. The number of piperazine rings is 1. The van der Waals surface area contributed by atoms with Gasteiger partial charge in [-0.05, 0) is 36.6 Å². The average Bonchev–Trinajstić information content (AvgIpc) is 2.85. The Kier molecular flexibility index (Phi) is 8.83. The molecule has 0 bridgehead atoms. The highest BCUT2D eigenvalue weighted by Crippen LogP contribution is 2.29. The average molecular weight is 514 g/mol. The zero-order valence-corrected chi connectivity index (χ0v) is 20.3. The first kappa shape index (κ1) is 27.3. The van der Waals surface area contributed by atoms with Crippen molar-refractivity contribution < 1.29 is 22.3 Å². The normalized spacial score (nSPS) is 15.7. The monoisotopic (exact) mass is 513 g/mol. The summed E-state index contributed by atoms with van der Waals surface area (Å²) in [5.41, 5.74) is 0.0151. The van der Waals surface area contributed by atoms with Gasteiger partial charge in [-0.25, -0.2) is 4.79 Å². The molecule has 1 atom stereocenters. The van der Waals surface area contributed by atoms with Gasteiger partial charge in [-0.1, -0.05) is 6.08 Å². The van der Waals surface area contributed by atoms with Crippen molar-refractivity contribution in [1.82, 2.24) is 14.0 Å². The molecular weight excluding hydrogens is 482 g/mol. The number of allylic oxidation sites excluding steroid dienone is 1. The molecule has 12 heteroatoms. The smallest absolute Gasteiger partial charge is 0.428 e. The van der Waals surface area contributed by atoms with Crippen molar-refractivity contribution in [3.05, 3.63) is 63.8 Å². The van der Waals surface area contributed by atoms with Crippen molar-refractivity contribution in [2.75, 3.05) is 49.5 Å². The number of alkyl halides is 4. The molecule has 0 radical (unpaired) electrons. The minimum absolute atomic E-state index is 0.196. The number of hydrogen-bond acceptors (Lipinski definition) is 6. The van der Waals surface area contributed by atoms with Crippen molar-refractivity contribution >= 4 is 11.5 Å². The molecule has 3 rings (SSSR count). The van der Waals surface area contributed by atoms with E-state index in [9.17, 15) is 27.2 Å². The molecule has 198 valence electrons. The molecule has 1 aliphatic rings. The number of hydrogen-bond donors (Lipinski definition) is 1. The molecular formula is C24H31F4N5O3. The number of benzene rings is 1. The van der Waals surface area contributed by atoms with E-state index in [4.69, 9.17) is 0 Å². The molecule has 8 nitrogen and oxygen atoms in total. The predicted octanol–water partition coefficient (Wildman–Crippen LogP) is 2.75. The van der Waals surface area contributed by atoms with E-state index in [0.29, 0.717) is 25.5 Å². The van der Waals surface area contributed by atoms with Gasteiger partial charge in [-0.15, -0.1) is 6.58 Å². The molecule has 1 unspecified atom stereocenters. The Balaban J connectivity index is 1.53. The van der Waals surface area contributed by atoms with Gasteiger partial charge in [0.2, 0.25) is 0 Å². The Bertz CT molecular complexity index is 1140. The van der Waals surface area contributed by atoms with Crippen LogP contribution in [-0.2, 0) is 14.1 Å². The van der Waals surface area contributed by atoms with Crippen molar-refractivity contribution in [2.24, 2.45) is 20.0 Å². The highest BCUT2D eigenvalue weighted by Gasteiger charge is 2.43. The fraction of sp³-hybridized carbons (Fsp3) is 0.500. The van der Waals surface area contributed by atoms with E-state index in [1.807, 2.05) is 6.08 Å². The maximum absolute atomic E-state index is 13.1. The topological polar surface area (TPSA) is 71.7 Å². The van der Waals surface area contributed by atoms with Gasteiger partial charge >= 0.3 is 18.2 Å². The molecule has 1 saturated heterocycles. The van der Waals surface area contributed by atoms with Gasteiger partial charge < -0.3 is 15.0 Å². The van der Waals surface area contributed by atoms with Gasteiger partial charge in [-0.2, -0.15) is 17.6 Å². The van der Waals surface area contributed by atoms with Crippen molar-refractivity contribution in [2.45, 2.75) is 19.0 Å². The van der Waals surface area contributed by atoms with E-state index in [-0.39, 0.29) is 17.2 Å². The second-order valence-corrected chi connectivity index (χ2v) is 8.79. The SMILES string of the molecule is C=CCC(CNc1cc(=O)n(C)c(=O)n1C)CN1CCN(c2ccc(OC(F)(F)C(F)F)cc2)CC1. The summed E-state index contributed by atoms with van der Waals surface area (Å²) < 4.78 is 57.4.